The number of nitrogens with one attached hydrogen (secondary N) is 1. The topological polar surface area (TPSA) is 67.8 Å². The third kappa shape index (κ3) is 4.13. The zero-order valence-electron chi connectivity index (χ0n) is 11.7. The highest BCUT2D eigenvalue weighted by Gasteiger charge is 2.20. The molecule has 0 aromatic heterocycles. The van der Waals surface area contributed by atoms with Crippen molar-refractivity contribution in [3.05, 3.63) is 23.8 Å². The fourth-order valence-corrected chi connectivity index (χ4v) is 1.98. The van der Waals surface area contributed by atoms with Crippen LogP contribution < -0.4 is 14.8 Å². The van der Waals surface area contributed by atoms with Gasteiger partial charge in [-0.1, -0.05) is 12.8 Å². The first-order valence-electron chi connectivity index (χ1n) is 6.94. The second-order valence-electron chi connectivity index (χ2n) is 4.93. The van der Waals surface area contributed by atoms with Gasteiger partial charge in [-0.05, 0) is 30.5 Å². The minimum absolute atomic E-state index is 0.0629. The highest BCUT2D eigenvalue weighted by molar-refractivity contribution is 5.94. The maximum atomic E-state index is 12.0. The summed E-state index contributed by atoms with van der Waals surface area (Å²) in [4.78, 5) is 12.0. The molecular formula is C15H21NO4. The van der Waals surface area contributed by atoms with Crippen LogP contribution in [0.15, 0.2) is 18.2 Å². The number of methoxy groups -OCH3 is 1. The van der Waals surface area contributed by atoms with Crippen LogP contribution >= 0.6 is 0 Å². The number of carbonyl (C=O) groups excluding carboxylic acids is 1. The fourth-order valence-electron chi connectivity index (χ4n) is 1.98. The Bertz CT molecular complexity index is 457. The van der Waals surface area contributed by atoms with Crippen LogP contribution in [0, 0.1) is 5.92 Å². The van der Waals surface area contributed by atoms with Gasteiger partial charge in [0.2, 0.25) is 0 Å². The smallest absolute Gasteiger partial charge is 0.251 e. The van der Waals surface area contributed by atoms with Gasteiger partial charge in [-0.3, -0.25) is 4.79 Å². The van der Waals surface area contributed by atoms with Crippen molar-refractivity contribution in [2.75, 3.05) is 26.9 Å². The Morgan fingerprint density at radius 2 is 2.20 bits per heavy atom. The average molecular weight is 279 g/mol. The number of ether oxygens (including phenoxy) is 2. The van der Waals surface area contributed by atoms with Gasteiger partial charge in [-0.25, -0.2) is 0 Å². The van der Waals surface area contributed by atoms with E-state index in [1.54, 1.807) is 18.2 Å². The molecule has 0 spiro atoms. The summed E-state index contributed by atoms with van der Waals surface area (Å²) in [6, 6.07) is 5.03. The lowest BCUT2D eigenvalue weighted by molar-refractivity contribution is 0.0952. The van der Waals surface area contributed by atoms with Gasteiger partial charge >= 0.3 is 0 Å². The Hall–Kier alpha value is -1.75. The molecule has 0 radical (unpaired) electrons. The molecule has 1 fully saturated rings. The normalized spacial score (nSPS) is 13.9. The summed E-state index contributed by atoms with van der Waals surface area (Å²) in [7, 11) is 1.52. The van der Waals surface area contributed by atoms with Gasteiger partial charge in [-0.15, -0.1) is 0 Å². The maximum Gasteiger partial charge on any atom is 0.251 e. The molecule has 2 rings (SSSR count). The van der Waals surface area contributed by atoms with Crippen molar-refractivity contribution in [2.45, 2.75) is 19.3 Å². The number of aliphatic hydroxyl groups excluding tert-OH is 1. The summed E-state index contributed by atoms with van der Waals surface area (Å²) < 4.78 is 10.5. The first kappa shape index (κ1) is 14.7. The average Bonchev–Trinajstić information content (AvgIpc) is 3.29. The number of hydrogen-bond donors (Lipinski definition) is 2. The minimum Gasteiger partial charge on any atom is -0.493 e. The van der Waals surface area contributed by atoms with Gasteiger partial charge in [0.05, 0.1) is 13.7 Å². The van der Waals surface area contributed by atoms with E-state index in [2.05, 4.69) is 5.32 Å². The summed E-state index contributed by atoms with van der Waals surface area (Å²) in [6.45, 7) is 0.852. The predicted molar refractivity (Wildman–Crippen MR) is 75.2 cm³/mol. The third-order valence-corrected chi connectivity index (χ3v) is 3.31. The van der Waals surface area contributed by atoms with Crippen molar-refractivity contribution >= 4 is 5.91 Å². The van der Waals surface area contributed by atoms with E-state index >= 15 is 0 Å². The van der Waals surface area contributed by atoms with Crippen LogP contribution in [0.2, 0.25) is 0 Å². The summed E-state index contributed by atoms with van der Waals surface area (Å²) in [5.41, 5.74) is 0.550. The lowest BCUT2D eigenvalue weighted by Gasteiger charge is -2.11. The molecule has 1 aromatic carbocycles. The number of benzene rings is 1. The Labute approximate surface area is 118 Å². The first-order valence-corrected chi connectivity index (χ1v) is 6.94. The van der Waals surface area contributed by atoms with Crippen molar-refractivity contribution in [2.24, 2.45) is 5.92 Å². The largest absolute Gasteiger partial charge is 0.493 e. The second-order valence-corrected chi connectivity index (χ2v) is 4.93. The van der Waals surface area contributed by atoms with Crippen LogP contribution in [0.5, 0.6) is 11.5 Å². The molecule has 1 aliphatic carbocycles. The number of rotatable bonds is 8. The van der Waals surface area contributed by atoms with E-state index in [9.17, 15) is 4.79 Å². The van der Waals surface area contributed by atoms with Crippen molar-refractivity contribution < 1.29 is 19.4 Å². The molecule has 1 saturated carbocycles. The molecular weight excluding hydrogens is 258 g/mol. The van der Waals surface area contributed by atoms with Crippen molar-refractivity contribution in [1.29, 1.82) is 0 Å². The molecule has 0 bridgehead atoms. The van der Waals surface area contributed by atoms with Crippen molar-refractivity contribution in [3.63, 3.8) is 0 Å². The van der Waals surface area contributed by atoms with Gasteiger partial charge in [-0.2, -0.15) is 0 Å². The van der Waals surface area contributed by atoms with Crippen LogP contribution in [-0.2, 0) is 0 Å². The summed E-state index contributed by atoms with van der Waals surface area (Å²) in [5.74, 6) is 1.72. The summed E-state index contributed by atoms with van der Waals surface area (Å²) in [5, 5.41) is 11.7. The quantitative estimate of drug-likeness (QED) is 0.758. The molecule has 0 heterocycles. The Morgan fingerprint density at radius 3 is 2.85 bits per heavy atom. The third-order valence-electron chi connectivity index (χ3n) is 3.31. The van der Waals surface area contributed by atoms with E-state index in [0.717, 1.165) is 12.3 Å². The van der Waals surface area contributed by atoms with Crippen molar-refractivity contribution in [1.82, 2.24) is 5.32 Å². The molecule has 0 atom stereocenters. The van der Waals surface area contributed by atoms with Gasteiger partial charge in [0.25, 0.3) is 5.91 Å². The van der Waals surface area contributed by atoms with Gasteiger partial charge < -0.3 is 19.9 Å². The van der Waals surface area contributed by atoms with Gasteiger partial charge in [0.15, 0.2) is 11.5 Å². The molecule has 0 aliphatic heterocycles. The Balaban J connectivity index is 1.94. The zero-order valence-corrected chi connectivity index (χ0v) is 11.7. The molecule has 2 N–H and O–H groups in total. The van der Waals surface area contributed by atoms with Crippen LogP contribution in [0.25, 0.3) is 0 Å². The molecule has 0 unspecified atom stereocenters. The molecule has 1 amide bonds. The molecule has 20 heavy (non-hydrogen) atoms. The number of aliphatic hydroxyl groups is 1. The fraction of sp³-hybridized carbons (Fsp3) is 0.533. The monoisotopic (exact) mass is 279 g/mol. The maximum absolute atomic E-state index is 12.0. The first-order chi connectivity index (χ1) is 9.74. The minimum atomic E-state index is -0.0994. The highest BCUT2D eigenvalue weighted by atomic mass is 16.5. The van der Waals surface area contributed by atoms with Crippen LogP contribution in [0.1, 0.15) is 29.6 Å². The van der Waals surface area contributed by atoms with Gasteiger partial charge in [0.1, 0.15) is 6.61 Å². The van der Waals surface area contributed by atoms with E-state index in [0.29, 0.717) is 23.6 Å². The SMILES string of the molecule is COc1cc(C(=O)NCCC2CC2)ccc1OCCO. The Kier molecular flexibility index (Phi) is 5.24. The standard InChI is InChI=1S/C15H21NO4/c1-19-14-10-12(4-5-13(14)20-9-8-17)15(18)16-7-6-11-2-3-11/h4-5,10-11,17H,2-3,6-9H2,1H3,(H,16,18). The Morgan fingerprint density at radius 1 is 1.40 bits per heavy atom. The lowest BCUT2D eigenvalue weighted by atomic mass is 10.2. The van der Waals surface area contributed by atoms with E-state index in [-0.39, 0.29) is 19.1 Å². The predicted octanol–water partition coefficient (Wildman–Crippen LogP) is 1.60. The molecule has 5 heteroatoms. The zero-order chi connectivity index (χ0) is 14.4. The number of amides is 1. The molecule has 1 aliphatic rings. The van der Waals surface area contributed by atoms with E-state index < -0.39 is 0 Å². The number of hydrogen-bond acceptors (Lipinski definition) is 4. The molecule has 0 saturated heterocycles. The van der Waals surface area contributed by atoms with Crippen LogP contribution in [0.3, 0.4) is 0 Å². The van der Waals surface area contributed by atoms with Gasteiger partial charge in [0, 0.05) is 12.1 Å². The van der Waals surface area contributed by atoms with Crippen LogP contribution in [0.4, 0.5) is 0 Å². The van der Waals surface area contributed by atoms with Crippen molar-refractivity contribution in [3.8, 4) is 11.5 Å². The highest BCUT2D eigenvalue weighted by Crippen LogP contribution is 2.32. The second kappa shape index (κ2) is 7.14. The molecule has 110 valence electrons. The number of carbonyl (C=O) groups is 1. The molecule has 5 nitrogen and oxygen atoms in total. The lowest BCUT2D eigenvalue weighted by Crippen LogP contribution is -2.24. The van der Waals surface area contributed by atoms with E-state index in [1.807, 2.05) is 0 Å². The summed E-state index contributed by atoms with van der Waals surface area (Å²) >= 11 is 0. The summed E-state index contributed by atoms with van der Waals surface area (Å²) in [6.07, 6.45) is 3.64. The molecule has 1 aromatic rings. The van der Waals surface area contributed by atoms with Crippen LogP contribution in [-0.4, -0.2) is 37.9 Å². The van der Waals surface area contributed by atoms with E-state index in [4.69, 9.17) is 14.6 Å². The van der Waals surface area contributed by atoms with E-state index in [1.165, 1.54) is 20.0 Å².